The van der Waals surface area contributed by atoms with Crippen LogP contribution < -0.4 is 4.90 Å². The first kappa shape index (κ1) is 26.1. The molecule has 0 bridgehead atoms. The maximum Gasteiger partial charge on any atom is 0.230 e. The second kappa shape index (κ2) is 10.7. The van der Waals surface area contributed by atoms with E-state index in [0.29, 0.717) is 16.3 Å². The fourth-order valence-corrected chi connectivity index (χ4v) is 5.72. The van der Waals surface area contributed by atoms with E-state index < -0.39 is 5.82 Å². The van der Waals surface area contributed by atoms with Crippen LogP contribution in [0.5, 0.6) is 0 Å². The average molecular weight is 533 g/mol. The number of likely N-dealkylation sites (tertiary alicyclic amines) is 1. The molecule has 1 saturated heterocycles. The van der Waals surface area contributed by atoms with Crippen LogP contribution in [0.25, 0.3) is 27.8 Å². The summed E-state index contributed by atoms with van der Waals surface area (Å²) in [6, 6.07) is 12.4. The molecule has 5 rings (SSSR count). The zero-order chi connectivity index (χ0) is 27.0. The molecular weight excluding hydrogens is 503 g/mol. The van der Waals surface area contributed by atoms with E-state index in [9.17, 15) is 14.0 Å². The number of aromatic nitrogens is 2. The molecule has 1 fully saturated rings. The molecule has 1 aliphatic heterocycles. The van der Waals surface area contributed by atoms with Crippen molar-refractivity contribution in [1.29, 1.82) is 0 Å². The lowest BCUT2D eigenvalue weighted by Gasteiger charge is -2.33. The van der Waals surface area contributed by atoms with Crippen LogP contribution >= 0.6 is 11.6 Å². The topological polar surface area (TPSA) is 58.4 Å². The number of piperidine rings is 1. The van der Waals surface area contributed by atoms with E-state index in [1.165, 1.54) is 25.1 Å². The fraction of sp³-hybridized carbons (Fsp3) is 0.300. The molecule has 3 aromatic carbocycles. The molecule has 1 aromatic heterocycles. The maximum absolute atomic E-state index is 14.8. The zero-order valence-corrected chi connectivity index (χ0v) is 22.5. The minimum atomic E-state index is -0.473. The van der Waals surface area contributed by atoms with Gasteiger partial charge in [0.05, 0.1) is 23.3 Å². The molecule has 0 unspecified atom stereocenters. The van der Waals surface area contributed by atoms with Gasteiger partial charge in [0.2, 0.25) is 5.91 Å². The number of allylic oxidation sites excluding steroid dienone is 1. The third-order valence-corrected chi connectivity index (χ3v) is 7.65. The number of hydrogen-bond acceptors (Lipinski definition) is 4. The summed E-state index contributed by atoms with van der Waals surface area (Å²) in [5.74, 6) is -0.818. The monoisotopic (exact) mass is 532 g/mol. The molecule has 1 aliphatic rings. The number of ketones is 1. The van der Waals surface area contributed by atoms with E-state index in [4.69, 9.17) is 11.6 Å². The number of aryl methyl sites for hydroxylation is 1. The number of benzene rings is 3. The normalized spacial score (nSPS) is 15.1. The number of fused-ring (bicyclic) bond motifs is 2. The first-order chi connectivity index (χ1) is 18.2. The highest BCUT2D eigenvalue weighted by molar-refractivity contribution is 6.40. The Kier molecular flexibility index (Phi) is 7.32. The number of halogens is 2. The number of amides is 1. The molecular formula is C30H30ClFN4O2. The summed E-state index contributed by atoms with van der Waals surface area (Å²) in [7, 11) is 3.90. The molecule has 196 valence electrons. The van der Waals surface area contributed by atoms with Gasteiger partial charge in [0, 0.05) is 29.4 Å². The minimum Gasteiger partial charge on any atom is -0.308 e. The molecule has 4 aromatic rings. The molecule has 1 amide bonds. The fourth-order valence-electron chi connectivity index (χ4n) is 5.26. The summed E-state index contributed by atoms with van der Waals surface area (Å²) < 4.78 is 16.6. The van der Waals surface area contributed by atoms with E-state index in [0.717, 1.165) is 53.2 Å². The predicted molar refractivity (Wildman–Crippen MR) is 151 cm³/mol. The van der Waals surface area contributed by atoms with Crippen molar-refractivity contribution in [1.82, 2.24) is 14.7 Å². The van der Waals surface area contributed by atoms with Gasteiger partial charge in [0.15, 0.2) is 5.78 Å². The summed E-state index contributed by atoms with van der Waals surface area (Å²) >= 11 is 6.95. The lowest BCUT2D eigenvalue weighted by molar-refractivity contribution is -0.123. The van der Waals surface area contributed by atoms with Crippen molar-refractivity contribution in [2.45, 2.75) is 26.3 Å². The van der Waals surface area contributed by atoms with Crippen LogP contribution in [0.1, 0.15) is 30.9 Å². The van der Waals surface area contributed by atoms with Crippen molar-refractivity contribution in [2.24, 2.45) is 13.0 Å². The lowest BCUT2D eigenvalue weighted by atomic mass is 9.94. The van der Waals surface area contributed by atoms with Gasteiger partial charge in [0.1, 0.15) is 5.82 Å². The summed E-state index contributed by atoms with van der Waals surface area (Å²) in [5.41, 5.74) is 2.65. The molecule has 0 aliphatic carbocycles. The van der Waals surface area contributed by atoms with Crippen molar-refractivity contribution in [3.63, 3.8) is 0 Å². The van der Waals surface area contributed by atoms with Crippen LogP contribution in [0.4, 0.5) is 10.1 Å². The molecule has 0 atom stereocenters. The molecule has 8 heteroatoms. The predicted octanol–water partition coefficient (Wildman–Crippen LogP) is 6.00. The summed E-state index contributed by atoms with van der Waals surface area (Å²) in [5, 5.41) is 7.66. The van der Waals surface area contributed by atoms with Gasteiger partial charge in [-0.05, 0) is 86.8 Å². The average Bonchev–Trinajstić information content (AvgIpc) is 3.26. The molecule has 6 nitrogen and oxygen atoms in total. The van der Waals surface area contributed by atoms with E-state index in [-0.39, 0.29) is 24.2 Å². The molecule has 2 heterocycles. The highest BCUT2D eigenvalue weighted by Crippen LogP contribution is 2.36. The van der Waals surface area contributed by atoms with Gasteiger partial charge in [-0.1, -0.05) is 35.9 Å². The number of carbonyl (C=O) groups is 2. The lowest BCUT2D eigenvalue weighted by Crippen LogP contribution is -2.41. The third kappa shape index (κ3) is 5.22. The quantitative estimate of drug-likeness (QED) is 0.286. The van der Waals surface area contributed by atoms with Gasteiger partial charge in [-0.2, -0.15) is 5.10 Å². The number of carbonyl (C=O) groups excluding carboxylic acids is 2. The third-order valence-electron chi connectivity index (χ3n) is 7.28. The van der Waals surface area contributed by atoms with Crippen molar-refractivity contribution in [3.8, 4) is 0 Å². The van der Waals surface area contributed by atoms with Crippen molar-refractivity contribution >= 4 is 56.7 Å². The van der Waals surface area contributed by atoms with Gasteiger partial charge < -0.3 is 9.80 Å². The van der Waals surface area contributed by atoms with Crippen LogP contribution in [0.3, 0.4) is 0 Å². The van der Waals surface area contributed by atoms with E-state index in [1.54, 1.807) is 27.9 Å². The van der Waals surface area contributed by atoms with E-state index in [2.05, 4.69) is 17.0 Å². The van der Waals surface area contributed by atoms with Gasteiger partial charge in [-0.25, -0.2) is 4.39 Å². The SMILES string of the molecule is CC(=O)/C=C/c1cc(F)cc(N(Cc2cccc3cc4cnn(C)c4c(Cl)c23)C(=O)C2CCN(C)CC2)c1. The number of rotatable bonds is 6. The van der Waals surface area contributed by atoms with Crippen LogP contribution in [0.15, 0.2) is 54.7 Å². The molecule has 0 N–H and O–H groups in total. The van der Waals surface area contributed by atoms with Gasteiger partial charge in [-0.3, -0.25) is 14.3 Å². The number of hydrogen-bond donors (Lipinski definition) is 0. The van der Waals surface area contributed by atoms with Crippen LogP contribution in [-0.2, 0) is 23.2 Å². The van der Waals surface area contributed by atoms with Crippen molar-refractivity contribution in [3.05, 3.63) is 76.7 Å². The van der Waals surface area contributed by atoms with Gasteiger partial charge in [0.25, 0.3) is 0 Å². The standard InChI is InChI=1S/C30H30ClFN4O2/c1-19(37)7-8-20-13-25(32)16-26(14-20)36(30(38)21-9-11-34(2)12-10-21)18-23-6-4-5-22-15-24-17-33-35(3)29(24)28(31)27(22)23/h4-8,13-17,21H,9-12,18H2,1-3H3/b8-7+. The Hall–Kier alpha value is -3.55. The molecule has 0 spiro atoms. The number of anilines is 1. The molecule has 38 heavy (non-hydrogen) atoms. The largest absolute Gasteiger partial charge is 0.308 e. The van der Waals surface area contributed by atoms with Crippen LogP contribution in [-0.4, -0.2) is 46.5 Å². The summed E-state index contributed by atoms with van der Waals surface area (Å²) in [6.45, 7) is 3.33. The van der Waals surface area contributed by atoms with Crippen molar-refractivity contribution in [2.75, 3.05) is 25.0 Å². The Labute approximate surface area is 226 Å². The first-order valence-corrected chi connectivity index (χ1v) is 13.1. The van der Waals surface area contributed by atoms with Gasteiger partial charge in [-0.15, -0.1) is 0 Å². The Morgan fingerprint density at radius 3 is 2.63 bits per heavy atom. The highest BCUT2D eigenvalue weighted by atomic mass is 35.5. The smallest absolute Gasteiger partial charge is 0.230 e. The Balaban J connectivity index is 1.62. The second-order valence-corrected chi connectivity index (χ2v) is 10.5. The molecule has 0 radical (unpaired) electrons. The minimum absolute atomic E-state index is 0.0417. The van der Waals surface area contributed by atoms with Crippen LogP contribution in [0.2, 0.25) is 5.02 Å². The first-order valence-electron chi connectivity index (χ1n) is 12.7. The Morgan fingerprint density at radius 2 is 1.89 bits per heavy atom. The summed E-state index contributed by atoms with van der Waals surface area (Å²) in [6.07, 6.45) is 6.23. The van der Waals surface area contributed by atoms with E-state index in [1.807, 2.05) is 31.3 Å². The van der Waals surface area contributed by atoms with Crippen LogP contribution in [0, 0.1) is 11.7 Å². The zero-order valence-electron chi connectivity index (χ0n) is 21.7. The highest BCUT2D eigenvalue weighted by Gasteiger charge is 2.29. The Morgan fingerprint density at radius 1 is 1.13 bits per heavy atom. The van der Waals surface area contributed by atoms with Gasteiger partial charge >= 0.3 is 0 Å². The molecule has 0 saturated carbocycles. The Bertz CT molecular complexity index is 1570. The van der Waals surface area contributed by atoms with Crippen molar-refractivity contribution < 1.29 is 14.0 Å². The maximum atomic E-state index is 14.8. The van der Waals surface area contributed by atoms with E-state index >= 15 is 0 Å². The number of nitrogens with zero attached hydrogens (tertiary/aromatic N) is 4. The second-order valence-electron chi connectivity index (χ2n) is 10.1. The summed E-state index contributed by atoms with van der Waals surface area (Å²) in [4.78, 5) is 29.4.